The Labute approximate surface area is 155 Å². The SMILES string of the molecule is O=S(=O)(c1ccccc1C(F)(F)F)N1CCN(Cc2ccccc2F)CC1. The van der Waals surface area contributed by atoms with E-state index in [2.05, 4.69) is 0 Å². The first-order valence-corrected chi connectivity index (χ1v) is 9.76. The van der Waals surface area contributed by atoms with Gasteiger partial charge in [-0.3, -0.25) is 4.90 Å². The van der Waals surface area contributed by atoms with Crippen LogP contribution in [0.25, 0.3) is 0 Å². The van der Waals surface area contributed by atoms with E-state index in [1.807, 2.05) is 4.90 Å². The molecule has 146 valence electrons. The summed E-state index contributed by atoms with van der Waals surface area (Å²) in [5.74, 6) is -0.341. The zero-order valence-corrected chi connectivity index (χ0v) is 15.1. The number of hydrogen-bond acceptors (Lipinski definition) is 3. The first-order chi connectivity index (χ1) is 12.7. The minimum Gasteiger partial charge on any atom is -0.296 e. The lowest BCUT2D eigenvalue weighted by Crippen LogP contribution is -2.48. The number of hydrogen-bond donors (Lipinski definition) is 0. The van der Waals surface area contributed by atoms with Gasteiger partial charge in [0.15, 0.2) is 0 Å². The summed E-state index contributed by atoms with van der Waals surface area (Å²) in [5, 5.41) is 0. The minimum atomic E-state index is -4.75. The van der Waals surface area contributed by atoms with E-state index in [-0.39, 0.29) is 18.9 Å². The quantitative estimate of drug-likeness (QED) is 0.737. The summed E-state index contributed by atoms with van der Waals surface area (Å²) in [6.07, 6.45) is -4.75. The van der Waals surface area contributed by atoms with Crippen LogP contribution in [0.1, 0.15) is 11.1 Å². The molecule has 0 aliphatic carbocycles. The number of benzene rings is 2. The van der Waals surface area contributed by atoms with Crippen molar-refractivity contribution < 1.29 is 26.0 Å². The van der Waals surface area contributed by atoms with E-state index in [4.69, 9.17) is 0 Å². The Morgan fingerprint density at radius 3 is 2.11 bits per heavy atom. The van der Waals surface area contributed by atoms with Gasteiger partial charge in [-0.05, 0) is 18.2 Å². The van der Waals surface area contributed by atoms with Crippen molar-refractivity contribution >= 4 is 10.0 Å². The van der Waals surface area contributed by atoms with E-state index in [1.165, 1.54) is 12.1 Å². The second kappa shape index (κ2) is 7.57. The maximum atomic E-state index is 13.7. The number of sulfonamides is 1. The van der Waals surface area contributed by atoms with E-state index in [0.29, 0.717) is 25.2 Å². The largest absolute Gasteiger partial charge is 0.417 e. The summed E-state index contributed by atoms with van der Waals surface area (Å²) in [6, 6.07) is 10.5. The van der Waals surface area contributed by atoms with E-state index < -0.39 is 26.7 Å². The molecule has 2 aromatic rings. The number of rotatable bonds is 4. The Hall–Kier alpha value is -1.97. The Balaban J connectivity index is 1.73. The molecule has 0 N–H and O–H groups in total. The van der Waals surface area contributed by atoms with Crippen LogP contribution in [0.2, 0.25) is 0 Å². The second-order valence-electron chi connectivity index (χ2n) is 6.27. The van der Waals surface area contributed by atoms with Gasteiger partial charge in [-0.25, -0.2) is 12.8 Å². The molecule has 0 atom stereocenters. The van der Waals surface area contributed by atoms with Crippen molar-refractivity contribution in [3.8, 4) is 0 Å². The first kappa shape index (κ1) is 19.8. The number of alkyl halides is 3. The van der Waals surface area contributed by atoms with Crippen LogP contribution in [-0.2, 0) is 22.7 Å². The van der Waals surface area contributed by atoms with Gasteiger partial charge in [-0.1, -0.05) is 30.3 Å². The van der Waals surface area contributed by atoms with Crippen LogP contribution in [-0.4, -0.2) is 43.8 Å². The van der Waals surface area contributed by atoms with Crippen molar-refractivity contribution in [2.45, 2.75) is 17.6 Å². The average molecular weight is 402 g/mol. The summed E-state index contributed by atoms with van der Waals surface area (Å²) < 4.78 is 79.7. The minimum absolute atomic E-state index is 0.0446. The van der Waals surface area contributed by atoms with Crippen LogP contribution in [0, 0.1) is 5.82 Å². The van der Waals surface area contributed by atoms with Crippen molar-refractivity contribution in [1.82, 2.24) is 9.21 Å². The van der Waals surface area contributed by atoms with Crippen LogP contribution in [0.15, 0.2) is 53.4 Å². The van der Waals surface area contributed by atoms with Crippen LogP contribution in [0.3, 0.4) is 0 Å². The summed E-state index contributed by atoms with van der Waals surface area (Å²) >= 11 is 0. The summed E-state index contributed by atoms with van der Waals surface area (Å²) in [4.78, 5) is 1.14. The van der Waals surface area contributed by atoms with Crippen LogP contribution in [0.5, 0.6) is 0 Å². The molecule has 0 aromatic heterocycles. The van der Waals surface area contributed by atoms with Crippen molar-refractivity contribution in [1.29, 1.82) is 0 Å². The van der Waals surface area contributed by atoms with Crippen molar-refractivity contribution in [3.05, 3.63) is 65.5 Å². The molecule has 0 saturated carbocycles. The highest BCUT2D eigenvalue weighted by molar-refractivity contribution is 7.89. The molecule has 3 rings (SSSR count). The van der Waals surface area contributed by atoms with Gasteiger partial charge in [-0.15, -0.1) is 0 Å². The van der Waals surface area contributed by atoms with Gasteiger partial charge in [0.05, 0.1) is 10.5 Å². The van der Waals surface area contributed by atoms with Gasteiger partial charge in [0.2, 0.25) is 10.0 Å². The number of nitrogens with zero attached hydrogens (tertiary/aromatic N) is 2. The molecule has 1 saturated heterocycles. The fourth-order valence-electron chi connectivity index (χ4n) is 3.06. The number of halogens is 4. The summed E-state index contributed by atoms with van der Waals surface area (Å²) in [6.45, 7) is 1.02. The van der Waals surface area contributed by atoms with E-state index in [0.717, 1.165) is 22.5 Å². The van der Waals surface area contributed by atoms with Crippen LogP contribution < -0.4 is 0 Å². The molecule has 0 amide bonds. The highest BCUT2D eigenvalue weighted by atomic mass is 32.2. The zero-order chi connectivity index (χ0) is 19.7. The predicted octanol–water partition coefficient (Wildman–Crippen LogP) is 3.35. The lowest BCUT2D eigenvalue weighted by atomic mass is 10.2. The Morgan fingerprint density at radius 2 is 1.48 bits per heavy atom. The third-order valence-corrected chi connectivity index (χ3v) is 6.45. The Morgan fingerprint density at radius 1 is 0.889 bits per heavy atom. The molecule has 2 aromatic carbocycles. The fourth-order valence-corrected chi connectivity index (χ4v) is 4.69. The van der Waals surface area contributed by atoms with E-state index in [9.17, 15) is 26.0 Å². The first-order valence-electron chi connectivity index (χ1n) is 8.32. The van der Waals surface area contributed by atoms with Gasteiger partial charge < -0.3 is 0 Å². The van der Waals surface area contributed by atoms with E-state index >= 15 is 0 Å². The smallest absolute Gasteiger partial charge is 0.296 e. The standard InChI is InChI=1S/C18H18F4N2O2S/c19-16-7-3-1-5-14(16)13-23-9-11-24(12-10-23)27(25,26)17-8-4-2-6-15(17)18(20,21)22/h1-8H,9-13H2. The predicted molar refractivity (Wildman–Crippen MR) is 91.9 cm³/mol. The van der Waals surface area contributed by atoms with Gasteiger partial charge >= 0.3 is 6.18 Å². The molecule has 0 bridgehead atoms. The molecule has 4 nitrogen and oxygen atoms in total. The second-order valence-corrected chi connectivity index (χ2v) is 8.17. The molecular formula is C18H18F4N2O2S. The van der Waals surface area contributed by atoms with Crippen molar-refractivity contribution in [3.63, 3.8) is 0 Å². The Bertz CT molecular complexity index is 908. The lowest BCUT2D eigenvalue weighted by Gasteiger charge is -2.34. The number of piperazine rings is 1. The molecular weight excluding hydrogens is 384 g/mol. The van der Waals surface area contributed by atoms with Gasteiger partial charge in [-0.2, -0.15) is 17.5 Å². The molecule has 0 radical (unpaired) electrons. The topological polar surface area (TPSA) is 40.6 Å². The molecule has 27 heavy (non-hydrogen) atoms. The van der Waals surface area contributed by atoms with Gasteiger partial charge in [0, 0.05) is 38.3 Å². The monoisotopic (exact) mass is 402 g/mol. The highest BCUT2D eigenvalue weighted by Crippen LogP contribution is 2.35. The molecule has 9 heteroatoms. The molecule has 1 heterocycles. The Kier molecular flexibility index (Phi) is 5.55. The van der Waals surface area contributed by atoms with E-state index in [1.54, 1.807) is 18.2 Å². The molecule has 0 spiro atoms. The molecule has 0 unspecified atom stereocenters. The third-order valence-electron chi connectivity index (χ3n) is 4.49. The molecule has 1 aliphatic rings. The lowest BCUT2D eigenvalue weighted by molar-refractivity contribution is -0.139. The highest BCUT2D eigenvalue weighted by Gasteiger charge is 2.39. The van der Waals surface area contributed by atoms with Crippen molar-refractivity contribution in [2.75, 3.05) is 26.2 Å². The summed E-state index contributed by atoms with van der Waals surface area (Å²) in [5.41, 5.74) is -0.671. The van der Waals surface area contributed by atoms with Gasteiger partial charge in [0.25, 0.3) is 0 Å². The van der Waals surface area contributed by atoms with Crippen LogP contribution in [0.4, 0.5) is 17.6 Å². The molecule has 1 aliphatic heterocycles. The summed E-state index contributed by atoms with van der Waals surface area (Å²) in [7, 11) is -4.27. The van der Waals surface area contributed by atoms with Crippen molar-refractivity contribution in [2.24, 2.45) is 0 Å². The maximum absolute atomic E-state index is 13.7. The zero-order valence-electron chi connectivity index (χ0n) is 14.3. The fraction of sp³-hybridized carbons (Fsp3) is 0.333. The third kappa shape index (κ3) is 4.31. The van der Waals surface area contributed by atoms with Gasteiger partial charge in [0.1, 0.15) is 5.82 Å². The normalized spacial score (nSPS) is 17.2. The van der Waals surface area contributed by atoms with Crippen LogP contribution >= 0.6 is 0 Å². The maximum Gasteiger partial charge on any atom is 0.417 e. The average Bonchev–Trinajstić information content (AvgIpc) is 2.63. The molecule has 1 fully saturated rings.